The highest BCUT2D eigenvalue weighted by molar-refractivity contribution is 9.10. The van der Waals surface area contributed by atoms with Crippen LogP contribution in [0.3, 0.4) is 0 Å². The van der Waals surface area contributed by atoms with Crippen LogP contribution in [0, 0.1) is 0 Å². The van der Waals surface area contributed by atoms with Crippen molar-refractivity contribution in [1.82, 2.24) is 4.90 Å². The van der Waals surface area contributed by atoms with Crippen LogP contribution in [-0.2, 0) is 6.54 Å². The molecule has 0 fully saturated rings. The minimum absolute atomic E-state index is 0.696. The van der Waals surface area contributed by atoms with Crippen molar-refractivity contribution in [1.29, 1.82) is 0 Å². The van der Waals surface area contributed by atoms with E-state index < -0.39 is 0 Å². The minimum Gasteiger partial charge on any atom is -0.492 e. The van der Waals surface area contributed by atoms with Gasteiger partial charge in [-0.05, 0) is 29.8 Å². The fraction of sp³-hybridized carbons (Fsp3) is 0.294. The molecule has 0 amide bonds. The summed E-state index contributed by atoms with van der Waals surface area (Å²) in [7, 11) is 0. The van der Waals surface area contributed by atoms with Gasteiger partial charge in [0.2, 0.25) is 0 Å². The third-order valence-electron chi connectivity index (χ3n) is 3.14. The van der Waals surface area contributed by atoms with Gasteiger partial charge < -0.3 is 4.74 Å². The standard InChI is InChI=1S/C17H19Br2NO/c18-10-11-20(14-15-4-2-1-3-5-15)12-13-21-17-8-6-16(19)7-9-17/h1-9H,10-14H2. The van der Waals surface area contributed by atoms with E-state index in [9.17, 15) is 0 Å². The molecule has 2 aromatic carbocycles. The van der Waals surface area contributed by atoms with Gasteiger partial charge in [0.05, 0.1) is 0 Å². The van der Waals surface area contributed by atoms with Crippen LogP contribution >= 0.6 is 31.9 Å². The van der Waals surface area contributed by atoms with Gasteiger partial charge in [0.25, 0.3) is 0 Å². The Labute approximate surface area is 143 Å². The normalized spacial score (nSPS) is 10.8. The molecule has 21 heavy (non-hydrogen) atoms. The molecule has 0 saturated heterocycles. The van der Waals surface area contributed by atoms with Crippen LogP contribution in [0.4, 0.5) is 0 Å². The molecule has 0 heterocycles. The minimum atomic E-state index is 0.696. The number of alkyl halides is 1. The fourth-order valence-electron chi connectivity index (χ4n) is 2.05. The van der Waals surface area contributed by atoms with Crippen molar-refractivity contribution in [2.45, 2.75) is 6.54 Å². The molecule has 2 nitrogen and oxygen atoms in total. The van der Waals surface area contributed by atoms with Gasteiger partial charge in [0.1, 0.15) is 12.4 Å². The number of ether oxygens (including phenoxy) is 1. The number of rotatable bonds is 8. The first-order chi connectivity index (χ1) is 10.3. The Bertz CT molecular complexity index is 516. The molecule has 0 saturated carbocycles. The molecule has 0 unspecified atom stereocenters. The molecule has 112 valence electrons. The van der Waals surface area contributed by atoms with E-state index in [0.717, 1.165) is 35.2 Å². The van der Waals surface area contributed by atoms with Crippen LogP contribution in [0.1, 0.15) is 5.56 Å². The second-order valence-electron chi connectivity index (χ2n) is 4.75. The summed E-state index contributed by atoms with van der Waals surface area (Å²) in [5.41, 5.74) is 1.34. The van der Waals surface area contributed by atoms with E-state index >= 15 is 0 Å². The Morgan fingerprint density at radius 1 is 0.905 bits per heavy atom. The zero-order valence-corrected chi connectivity index (χ0v) is 15.0. The van der Waals surface area contributed by atoms with Crippen molar-refractivity contribution < 1.29 is 4.74 Å². The van der Waals surface area contributed by atoms with Crippen molar-refractivity contribution in [3.63, 3.8) is 0 Å². The highest BCUT2D eigenvalue weighted by atomic mass is 79.9. The molecule has 0 aliphatic rings. The Morgan fingerprint density at radius 3 is 2.29 bits per heavy atom. The quantitative estimate of drug-likeness (QED) is 0.581. The Kier molecular flexibility index (Phi) is 7.27. The van der Waals surface area contributed by atoms with Gasteiger partial charge in [-0.1, -0.05) is 62.2 Å². The third-order valence-corrected chi connectivity index (χ3v) is 4.02. The molecular weight excluding hydrogens is 394 g/mol. The SMILES string of the molecule is BrCCN(CCOc1ccc(Br)cc1)Cc1ccccc1. The zero-order valence-electron chi connectivity index (χ0n) is 11.8. The van der Waals surface area contributed by atoms with Gasteiger partial charge in [0.15, 0.2) is 0 Å². The molecule has 0 spiro atoms. The summed E-state index contributed by atoms with van der Waals surface area (Å²) in [6.07, 6.45) is 0. The predicted molar refractivity (Wildman–Crippen MR) is 95.2 cm³/mol. The van der Waals surface area contributed by atoms with Crippen LogP contribution in [0.2, 0.25) is 0 Å². The second kappa shape index (κ2) is 9.23. The van der Waals surface area contributed by atoms with Crippen molar-refractivity contribution >= 4 is 31.9 Å². The van der Waals surface area contributed by atoms with E-state index in [0.29, 0.717) is 6.61 Å². The van der Waals surface area contributed by atoms with E-state index in [1.54, 1.807) is 0 Å². The Morgan fingerprint density at radius 2 is 1.62 bits per heavy atom. The maximum atomic E-state index is 5.80. The lowest BCUT2D eigenvalue weighted by Gasteiger charge is -2.21. The third kappa shape index (κ3) is 6.20. The summed E-state index contributed by atoms with van der Waals surface area (Å²) in [5, 5.41) is 0.970. The number of hydrogen-bond acceptors (Lipinski definition) is 2. The van der Waals surface area contributed by atoms with Crippen LogP contribution in [0.15, 0.2) is 59.1 Å². The molecule has 0 aromatic heterocycles. The van der Waals surface area contributed by atoms with Crippen LogP contribution in [0.5, 0.6) is 5.75 Å². The molecule has 0 bridgehead atoms. The van der Waals surface area contributed by atoms with Gasteiger partial charge >= 0.3 is 0 Å². The van der Waals surface area contributed by atoms with Crippen LogP contribution in [-0.4, -0.2) is 29.9 Å². The van der Waals surface area contributed by atoms with Gasteiger partial charge in [-0.15, -0.1) is 0 Å². The molecular formula is C17H19Br2NO. The maximum absolute atomic E-state index is 5.80. The number of benzene rings is 2. The van der Waals surface area contributed by atoms with E-state index in [4.69, 9.17) is 4.74 Å². The topological polar surface area (TPSA) is 12.5 Å². The highest BCUT2D eigenvalue weighted by Gasteiger charge is 2.05. The molecule has 2 aromatic rings. The van der Waals surface area contributed by atoms with Gasteiger partial charge in [-0.25, -0.2) is 0 Å². The predicted octanol–water partition coefficient (Wildman–Crippen LogP) is 4.73. The molecule has 0 atom stereocenters. The summed E-state index contributed by atoms with van der Waals surface area (Å²) in [6, 6.07) is 18.5. The molecule has 2 rings (SSSR count). The average molecular weight is 413 g/mol. The van der Waals surface area contributed by atoms with Gasteiger partial charge in [0, 0.05) is 29.4 Å². The number of nitrogens with zero attached hydrogens (tertiary/aromatic N) is 1. The van der Waals surface area contributed by atoms with E-state index in [1.165, 1.54) is 5.56 Å². The maximum Gasteiger partial charge on any atom is 0.119 e. The number of hydrogen-bond donors (Lipinski definition) is 0. The van der Waals surface area contributed by atoms with Crippen molar-refractivity contribution in [2.24, 2.45) is 0 Å². The smallest absolute Gasteiger partial charge is 0.119 e. The molecule has 0 radical (unpaired) electrons. The van der Waals surface area contributed by atoms with Crippen molar-refractivity contribution in [3.05, 3.63) is 64.6 Å². The lowest BCUT2D eigenvalue weighted by atomic mass is 10.2. The zero-order chi connectivity index (χ0) is 14.9. The van der Waals surface area contributed by atoms with Crippen molar-refractivity contribution in [3.8, 4) is 5.75 Å². The summed E-state index contributed by atoms with van der Waals surface area (Å²) in [5.74, 6) is 0.914. The lowest BCUT2D eigenvalue weighted by molar-refractivity contribution is 0.211. The Balaban J connectivity index is 1.81. The summed E-state index contributed by atoms with van der Waals surface area (Å²) in [6.45, 7) is 3.58. The van der Waals surface area contributed by atoms with E-state index in [1.807, 2.05) is 24.3 Å². The van der Waals surface area contributed by atoms with Gasteiger partial charge in [-0.2, -0.15) is 0 Å². The average Bonchev–Trinajstić information content (AvgIpc) is 2.50. The summed E-state index contributed by atoms with van der Waals surface area (Å²) >= 11 is 6.95. The van der Waals surface area contributed by atoms with E-state index in [2.05, 4.69) is 67.1 Å². The van der Waals surface area contributed by atoms with Crippen LogP contribution in [0.25, 0.3) is 0 Å². The summed E-state index contributed by atoms with van der Waals surface area (Å²) < 4.78 is 6.87. The van der Waals surface area contributed by atoms with Crippen LogP contribution < -0.4 is 4.74 Å². The first kappa shape index (κ1) is 16.5. The molecule has 4 heteroatoms. The summed E-state index contributed by atoms with van der Waals surface area (Å²) in [4.78, 5) is 2.39. The second-order valence-corrected chi connectivity index (χ2v) is 6.46. The molecule has 0 aliphatic carbocycles. The lowest BCUT2D eigenvalue weighted by Crippen LogP contribution is -2.29. The Hall–Kier alpha value is -0.840. The first-order valence-electron chi connectivity index (χ1n) is 6.98. The monoisotopic (exact) mass is 411 g/mol. The number of halogens is 2. The largest absolute Gasteiger partial charge is 0.492 e. The molecule has 0 aliphatic heterocycles. The van der Waals surface area contributed by atoms with Gasteiger partial charge in [-0.3, -0.25) is 4.90 Å². The van der Waals surface area contributed by atoms with Crippen molar-refractivity contribution in [2.75, 3.05) is 25.0 Å². The highest BCUT2D eigenvalue weighted by Crippen LogP contribution is 2.16. The van der Waals surface area contributed by atoms with E-state index in [-0.39, 0.29) is 0 Å². The fourth-order valence-corrected chi connectivity index (χ4v) is 2.82. The molecule has 0 N–H and O–H groups in total. The first-order valence-corrected chi connectivity index (χ1v) is 8.90.